The van der Waals surface area contributed by atoms with Gasteiger partial charge in [0.2, 0.25) is 0 Å². The predicted octanol–water partition coefficient (Wildman–Crippen LogP) is -1.98. The summed E-state index contributed by atoms with van der Waals surface area (Å²) in [5.74, 6) is -0.421. The molecule has 0 unspecified atom stereocenters. The minimum atomic E-state index is -4.67. The molecule has 7 N–H and O–H groups in total. The summed E-state index contributed by atoms with van der Waals surface area (Å²) >= 11 is 0. The van der Waals surface area contributed by atoms with Crippen LogP contribution in [0.3, 0.4) is 0 Å². The molecule has 0 saturated heterocycles. The molecule has 11 heavy (non-hydrogen) atoms. The first-order valence-corrected chi connectivity index (χ1v) is 3.28. The largest absolute Gasteiger partial charge is 0.408 e. The van der Waals surface area contributed by atoms with Gasteiger partial charge < -0.3 is 10.9 Å². The predicted molar refractivity (Wildman–Crippen MR) is 32.5 cm³/mol. The molecule has 0 spiro atoms. The van der Waals surface area contributed by atoms with Crippen molar-refractivity contribution in [2.75, 3.05) is 0 Å². The third-order valence-corrected chi connectivity index (χ3v) is 0.222. The lowest BCUT2D eigenvalue weighted by atomic mass is 11.1. The van der Waals surface area contributed by atoms with Crippen molar-refractivity contribution in [3.8, 4) is 0 Å². The van der Waals surface area contributed by atoms with Crippen molar-refractivity contribution in [3.63, 3.8) is 0 Å². The molecule has 0 aliphatic rings. The van der Waals surface area contributed by atoms with E-state index >= 15 is 0 Å². The van der Waals surface area contributed by atoms with Crippen molar-refractivity contribution in [1.29, 1.82) is 0 Å². The first kappa shape index (κ1) is 12.6. The third-order valence-electron chi connectivity index (χ3n) is 0.222. The Labute approximate surface area is 61.7 Å². The fourth-order valence-corrected chi connectivity index (χ4v) is 0.0224. The van der Waals surface area contributed by atoms with Crippen LogP contribution in [0.2, 0.25) is 0 Å². The van der Waals surface area contributed by atoms with E-state index in [2.05, 4.69) is 10.9 Å². The van der Waals surface area contributed by atoms with Crippen molar-refractivity contribution in [2.24, 2.45) is 10.9 Å². The number of nitrogens with one attached hydrogen (secondary N) is 1. The Morgan fingerprint density at radius 3 is 1.73 bits per heavy atom. The van der Waals surface area contributed by atoms with Crippen LogP contribution < -0.4 is 11.2 Å². The summed E-state index contributed by atoms with van der Waals surface area (Å²) in [6.45, 7) is 0. The SMILES string of the molecule is N/C(=N/O)NO.O=S(=O)(O)O. The van der Waals surface area contributed by atoms with E-state index in [0.717, 1.165) is 0 Å². The van der Waals surface area contributed by atoms with Crippen molar-refractivity contribution in [2.45, 2.75) is 0 Å². The molecule has 0 aromatic heterocycles. The van der Waals surface area contributed by atoms with Crippen molar-refractivity contribution >= 4 is 16.4 Å². The topological polar surface area (TPSA) is 165 Å². The van der Waals surface area contributed by atoms with Gasteiger partial charge in [0.25, 0.3) is 5.96 Å². The molecule has 0 aliphatic heterocycles. The lowest BCUT2D eigenvalue weighted by Crippen LogP contribution is -2.27. The summed E-state index contributed by atoms with van der Waals surface area (Å²) in [4.78, 5) is 0. The molecule has 0 bridgehead atoms. The van der Waals surface area contributed by atoms with Crippen molar-refractivity contribution in [1.82, 2.24) is 5.48 Å². The molecule has 9 nitrogen and oxygen atoms in total. The third kappa shape index (κ3) is 50.4. The van der Waals surface area contributed by atoms with Gasteiger partial charge in [0.1, 0.15) is 0 Å². The second kappa shape index (κ2) is 5.67. The van der Waals surface area contributed by atoms with Gasteiger partial charge in [-0.25, -0.2) is 5.48 Å². The van der Waals surface area contributed by atoms with Gasteiger partial charge in [-0.1, -0.05) is 0 Å². The Kier molecular flexibility index (Phi) is 6.47. The first-order chi connectivity index (χ1) is 4.81. The van der Waals surface area contributed by atoms with E-state index in [4.69, 9.17) is 27.9 Å². The smallest absolute Gasteiger partial charge is 0.394 e. The molecule has 0 aromatic carbocycles. The Bertz CT molecular complexity index is 198. The Morgan fingerprint density at radius 2 is 1.73 bits per heavy atom. The average Bonchev–Trinajstić information content (AvgIpc) is 1.83. The van der Waals surface area contributed by atoms with E-state index in [1.54, 1.807) is 0 Å². The van der Waals surface area contributed by atoms with Gasteiger partial charge in [-0.05, 0) is 5.16 Å². The second-order valence-electron chi connectivity index (χ2n) is 1.04. The maximum Gasteiger partial charge on any atom is 0.394 e. The maximum atomic E-state index is 8.74. The van der Waals surface area contributed by atoms with Gasteiger partial charge in [0.05, 0.1) is 0 Å². The van der Waals surface area contributed by atoms with Gasteiger partial charge >= 0.3 is 10.4 Å². The van der Waals surface area contributed by atoms with Crippen LogP contribution in [0.1, 0.15) is 0 Å². The molecule has 68 valence electrons. The highest BCUT2D eigenvalue weighted by molar-refractivity contribution is 7.79. The fraction of sp³-hybridized carbons (Fsp3) is 0. The number of hydroxylamine groups is 1. The minimum absolute atomic E-state index is 0.421. The average molecular weight is 189 g/mol. The molecule has 0 rings (SSSR count). The van der Waals surface area contributed by atoms with E-state index in [1.165, 1.54) is 5.48 Å². The van der Waals surface area contributed by atoms with Gasteiger partial charge in [0, 0.05) is 0 Å². The maximum absolute atomic E-state index is 8.74. The van der Waals surface area contributed by atoms with E-state index < -0.39 is 16.4 Å². The van der Waals surface area contributed by atoms with Crippen LogP contribution in [0.4, 0.5) is 0 Å². The number of hydrogen-bond donors (Lipinski definition) is 6. The monoisotopic (exact) mass is 189 g/mol. The molecule has 0 saturated carbocycles. The van der Waals surface area contributed by atoms with Gasteiger partial charge in [-0.15, -0.1) is 0 Å². The summed E-state index contributed by atoms with van der Waals surface area (Å²) in [6.07, 6.45) is 0. The van der Waals surface area contributed by atoms with Gasteiger partial charge in [-0.3, -0.25) is 14.3 Å². The number of nitrogens with two attached hydrogens (primary N) is 1. The van der Waals surface area contributed by atoms with Crippen LogP contribution in [0, 0.1) is 0 Å². The van der Waals surface area contributed by atoms with E-state index in [-0.39, 0.29) is 0 Å². The van der Waals surface area contributed by atoms with Gasteiger partial charge in [0.15, 0.2) is 0 Å². The van der Waals surface area contributed by atoms with Crippen molar-refractivity contribution < 1.29 is 27.9 Å². The second-order valence-corrected chi connectivity index (χ2v) is 1.94. The molecule has 0 aromatic rings. The molecule has 10 heteroatoms. The van der Waals surface area contributed by atoms with E-state index in [9.17, 15) is 0 Å². The Balaban J connectivity index is 0. The molecule has 0 aliphatic carbocycles. The van der Waals surface area contributed by atoms with Crippen molar-refractivity contribution in [3.05, 3.63) is 0 Å². The first-order valence-electron chi connectivity index (χ1n) is 1.88. The molecular weight excluding hydrogens is 182 g/mol. The van der Waals surface area contributed by atoms with E-state index in [0.29, 0.717) is 0 Å². The number of oxime groups is 1. The highest BCUT2D eigenvalue weighted by Gasteiger charge is 1.84. The highest BCUT2D eigenvalue weighted by Crippen LogP contribution is 1.59. The standard InChI is InChI=1S/CH5N3O2.H2O4S/c2-1(3-5)4-6;1-5(2,3)4/h5-6H,(H3,2,3,4);(H2,1,2,3,4). The molecule has 0 fully saturated rings. The van der Waals surface area contributed by atoms with Gasteiger partial charge in [-0.2, -0.15) is 8.42 Å². The van der Waals surface area contributed by atoms with Crippen LogP contribution >= 0.6 is 0 Å². The zero-order chi connectivity index (χ0) is 9.49. The summed E-state index contributed by atoms with van der Waals surface area (Å²) in [6, 6.07) is 0. The Hall–Kier alpha value is -1.10. The van der Waals surface area contributed by atoms with Crippen LogP contribution in [-0.4, -0.2) is 33.9 Å². The zero-order valence-electron chi connectivity index (χ0n) is 5.04. The number of rotatable bonds is 0. The summed E-state index contributed by atoms with van der Waals surface area (Å²) in [7, 11) is -4.67. The molecule has 0 radical (unpaired) electrons. The van der Waals surface area contributed by atoms with E-state index in [1.807, 2.05) is 0 Å². The Morgan fingerprint density at radius 1 is 1.45 bits per heavy atom. The summed E-state index contributed by atoms with van der Waals surface area (Å²) in [5.41, 5.74) is 6.00. The van der Waals surface area contributed by atoms with Crippen LogP contribution in [0.15, 0.2) is 5.16 Å². The van der Waals surface area contributed by atoms with Crippen LogP contribution in [-0.2, 0) is 10.4 Å². The lowest BCUT2D eigenvalue weighted by Gasteiger charge is -1.86. The number of hydrogen-bond acceptors (Lipinski definition) is 5. The number of nitrogens with zero attached hydrogens (tertiary/aromatic N) is 1. The molecule has 0 atom stereocenters. The molecular formula is CH7N3O6S. The summed E-state index contributed by atoms with van der Waals surface area (Å²) < 4.78 is 31.6. The highest BCUT2D eigenvalue weighted by atomic mass is 32.3. The number of guanidine groups is 1. The minimum Gasteiger partial charge on any atom is -0.408 e. The van der Waals surface area contributed by atoms with Crippen LogP contribution in [0.5, 0.6) is 0 Å². The normalized spacial score (nSPS) is 11.4. The fourth-order valence-electron chi connectivity index (χ4n) is 0.0224. The van der Waals surface area contributed by atoms with Crippen LogP contribution in [0.25, 0.3) is 0 Å². The lowest BCUT2D eigenvalue weighted by molar-refractivity contribution is 0.221. The quantitative estimate of drug-likeness (QED) is 0.0837. The molecule has 0 amide bonds. The summed E-state index contributed by atoms with van der Waals surface area (Å²) in [5, 5.41) is 17.6. The zero-order valence-corrected chi connectivity index (χ0v) is 5.85. The molecule has 0 heterocycles.